The average Bonchev–Trinajstić information content (AvgIpc) is 2.31. The maximum absolute atomic E-state index is 11.3. The Morgan fingerprint density at radius 2 is 2.45 bits per heavy atom. The van der Waals surface area contributed by atoms with Gasteiger partial charge in [0.2, 0.25) is 5.91 Å². The molecule has 0 radical (unpaired) electrons. The van der Waals surface area contributed by atoms with Gasteiger partial charge >= 0.3 is 0 Å². The van der Waals surface area contributed by atoms with E-state index in [0.29, 0.717) is 6.04 Å². The summed E-state index contributed by atoms with van der Waals surface area (Å²) in [5, 5.41) is 0. The molecule has 1 unspecified atom stereocenters. The Bertz CT molecular complexity index is 224. The first-order valence-electron chi connectivity index (χ1n) is 3.95. The summed E-state index contributed by atoms with van der Waals surface area (Å²) in [6, 6.07) is 0.464. The minimum atomic E-state index is 0.288. The molecule has 0 aromatic rings. The van der Waals surface area contributed by atoms with Crippen molar-refractivity contribution >= 4 is 21.8 Å². The van der Waals surface area contributed by atoms with Gasteiger partial charge in [-0.25, -0.2) is 0 Å². The zero-order valence-electron chi connectivity index (χ0n) is 6.22. The van der Waals surface area contributed by atoms with Crippen LogP contribution >= 0.6 is 15.9 Å². The summed E-state index contributed by atoms with van der Waals surface area (Å²) in [5.74, 6) is 0.288. The third kappa shape index (κ3) is 1.22. The predicted molar refractivity (Wildman–Crippen MR) is 46.1 cm³/mol. The zero-order valence-corrected chi connectivity index (χ0v) is 7.80. The predicted octanol–water partition coefficient (Wildman–Crippen LogP) is 2.01. The minimum Gasteiger partial charge on any atom is -0.315 e. The van der Waals surface area contributed by atoms with E-state index in [1.807, 2.05) is 11.1 Å². The van der Waals surface area contributed by atoms with Gasteiger partial charge in [-0.1, -0.05) is 15.9 Å². The van der Waals surface area contributed by atoms with Crippen LogP contribution in [0.15, 0.2) is 10.7 Å². The van der Waals surface area contributed by atoms with Gasteiger partial charge in [-0.15, -0.1) is 0 Å². The molecule has 2 aliphatic rings. The summed E-state index contributed by atoms with van der Waals surface area (Å²) < 4.78 is 1.16. The normalized spacial score (nSPS) is 30.3. The fourth-order valence-corrected chi connectivity index (χ4v) is 2.36. The van der Waals surface area contributed by atoms with Gasteiger partial charge in [-0.05, 0) is 12.8 Å². The van der Waals surface area contributed by atoms with Crippen molar-refractivity contribution in [1.82, 2.24) is 4.90 Å². The Kier molecular flexibility index (Phi) is 1.75. The second-order valence-electron chi connectivity index (χ2n) is 3.13. The molecule has 2 heterocycles. The molecule has 2 nitrogen and oxygen atoms in total. The first-order valence-corrected chi connectivity index (χ1v) is 4.74. The summed E-state index contributed by atoms with van der Waals surface area (Å²) in [6.07, 6.45) is 5.91. The molecule has 1 saturated heterocycles. The van der Waals surface area contributed by atoms with Crippen molar-refractivity contribution in [1.29, 1.82) is 0 Å². The lowest BCUT2D eigenvalue weighted by atomic mass is 10.0. The fourth-order valence-electron chi connectivity index (χ4n) is 1.77. The number of hydrogen-bond acceptors (Lipinski definition) is 1. The molecular formula is C8H10BrNO. The lowest BCUT2D eigenvalue weighted by molar-refractivity contribution is -0.132. The lowest BCUT2D eigenvalue weighted by Gasteiger charge is -2.27. The first kappa shape index (κ1) is 7.35. The Hall–Kier alpha value is -0.310. The van der Waals surface area contributed by atoms with Gasteiger partial charge in [0.25, 0.3) is 0 Å². The lowest BCUT2D eigenvalue weighted by Crippen LogP contribution is -2.36. The van der Waals surface area contributed by atoms with Crippen molar-refractivity contribution in [2.45, 2.75) is 31.7 Å². The third-order valence-electron chi connectivity index (χ3n) is 2.32. The van der Waals surface area contributed by atoms with Crippen molar-refractivity contribution in [2.24, 2.45) is 0 Å². The van der Waals surface area contributed by atoms with Gasteiger partial charge in [0.15, 0.2) is 0 Å². The summed E-state index contributed by atoms with van der Waals surface area (Å²) in [7, 11) is 0. The number of amides is 1. The van der Waals surface area contributed by atoms with Crippen LogP contribution in [-0.4, -0.2) is 16.8 Å². The standard InChI is InChI=1S/C8H10BrNO/c9-6-4-7-2-1-3-8(11)10(7)5-6/h5,7H,1-4H2. The molecule has 0 N–H and O–H groups in total. The second-order valence-corrected chi connectivity index (χ2v) is 4.15. The van der Waals surface area contributed by atoms with Crippen LogP contribution in [0.2, 0.25) is 0 Å². The van der Waals surface area contributed by atoms with Crippen LogP contribution in [0.25, 0.3) is 0 Å². The van der Waals surface area contributed by atoms with E-state index in [0.717, 1.165) is 30.2 Å². The molecule has 0 bridgehead atoms. The number of fused-ring (bicyclic) bond motifs is 1. The maximum Gasteiger partial charge on any atom is 0.226 e. The fraction of sp³-hybridized carbons (Fsp3) is 0.625. The smallest absolute Gasteiger partial charge is 0.226 e. The number of carbonyl (C=O) groups excluding carboxylic acids is 1. The molecular weight excluding hydrogens is 206 g/mol. The summed E-state index contributed by atoms with van der Waals surface area (Å²) in [4.78, 5) is 13.2. The van der Waals surface area contributed by atoms with E-state index in [2.05, 4.69) is 15.9 Å². The van der Waals surface area contributed by atoms with Gasteiger partial charge in [0, 0.05) is 29.6 Å². The van der Waals surface area contributed by atoms with Gasteiger partial charge < -0.3 is 4.90 Å². The Morgan fingerprint density at radius 1 is 1.64 bits per heavy atom. The van der Waals surface area contributed by atoms with Crippen LogP contribution in [0.4, 0.5) is 0 Å². The largest absolute Gasteiger partial charge is 0.315 e. The van der Waals surface area contributed by atoms with Gasteiger partial charge in [-0.2, -0.15) is 0 Å². The third-order valence-corrected chi connectivity index (χ3v) is 2.85. The van der Waals surface area contributed by atoms with E-state index in [1.54, 1.807) is 0 Å². The molecule has 1 atom stereocenters. The highest BCUT2D eigenvalue weighted by Crippen LogP contribution is 2.32. The monoisotopic (exact) mass is 215 g/mol. The van der Waals surface area contributed by atoms with Gasteiger partial charge in [0.05, 0.1) is 0 Å². The van der Waals surface area contributed by atoms with Gasteiger partial charge in [0.1, 0.15) is 0 Å². The number of nitrogens with zero attached hydrogens (tertiary/aromatic N) is 1. The van der Waals surface area contributed by atoms with E-state index < -0.39 is 0 Å². The molecule has 0 aliphatic carbocycles. The molecule has 3 heteroatoms. The van der Waals surface area contributed by atoms with Crippen molar-refractivity contribution in [3.8, 4) is 0 Å². The highest BCUT2D eigenvalue weighted by Gasteiger charge is 2.31. The Labute approximate surface area is 74.4 Å². The molecule has 0 saturated carbocycles. The van der Waals surface area contributed by atoms with E-state index in [-0.39, 0.29) is 5.91 Å². The molecule has 1 fully saturated rings. The molecule has 11 heavy (non-hydrogen) atoms. The highest BCUT2D eigenvalue weighted by molar-refractivity contribution is 9.11. The van der Waals surface area contributed by atoms with Crippen LogP contribution in [-0.2, 0) is 4.79 Å². The number of hydrogen-bond donors (Lipinski definition) is 0. The van der Waals surface area contributed by atoms with Crippen molar-refractivity contribution in [3.63, 3.8) is 0 Å². The van der Waals surface area contributed by atoms with Crippen molar-refractivity contribution < 1.29 is 4.79 Å². The molecule has 0 aromatic carbocycles. The molecule has 2 aliphatic heterocycles. The van der Waals surface area contributed by atoms with E-state index in [9.17, 15) is 4.79 Å². The highest BCUT2D eigenvalue weighted by atomic mass is 79.9. The number of halogens is 1. The Morgan fingerprint density at radius 3 is 3.18 bits per heavy atom. The number of carbonyl (C=O) groups is 1. The SMILES string of the molecule is O=C1CCCC2CC(Br)=CN12. The number of rotatable bonds is 0. The van der Waals surface area contributed by atoms with Crippen LogP contribution in [0, 0.1) is 0 Å². The summed E-state index contributed by atoms with van der Waals surface area (Å²) in [6.45, 7) is 0. The number of piperidine rings is 1. The van der Waals surface area contributed by atoms with Crippen LogP contribution in [0.5, 0.6) is 0 Å². The quantitative estimate of drug-likeness (QED) is 0.606. The van der Waals surface area contributed by atoms with E-state index in [4.69, 9.17) is 0 Å². The summed E-state index contributed by atoms with van der Waals surface area (Å²) >= 11 is 3.42. The molecule has 1 amide bonds. The molecule has 0 aromatic heterocycles. The van der Waals surface area contributed by atoms with Crippen LogP contribution < -0.4 is 0 Å². The molecule has 60 valence electrons. The Balaban J connectivity index is 2.18. The van der Waals surface area contributed by atoms with E-state index in [1.165, 1.54) is 0 Å². The van der Waals surface area contributed by atoms with Gasteiger partial charge in [-0.3, -0.25) is 4.79 Å². The maximum atomic E-state index is 11.3. The first-order chi connectivity index (χ1) is 5.27. The average molecular weight is 216 g/mol. The zero-order chi connectivity index (χ0) is 7.84. The van der Waals surface area contributed by atoms with E-state index >= 15 is 0 Å². The van der Waals surface area contributed by atoms with Crippen LogP contribution in [0.3, 0.4) is 0 Å². The minimum absolute atomic E-state index is 0.288. The topological polar surface area (TPSA) is 20.3 Å². The summed E-state index contributed by atoms with van der Waals surface area (Å²) in [5.41, 5.74) is 0. The molecule has 2 rings (SSSR count). The molecule has 0 spiro atoms. The van der Waals surface area contributed by atoms with Crippen molar-refractivity contribution in [3.05, 3.63) is 10.7 Å². The van der Waals surface area contributed by atoms with Crippen LogP contribution in [0.1, 0.15) is 25.7 Å². The second kappa shape index (κ2) is 2.63. The van der Waals surface area contributed by atoms with Crippen molar-refractivity contribution in [2.75, 3.05) is 0 Å².